The highest BCUT2D eigenvalue weighted by molar-refractivity contribution is 6.10. The van der Waals surface area contributed by atoms with Crippen LogP contribution in [-0.4, -0.2) is 9.55 Å². The Balaban J connectivity index is 1.43. The third-order valence-electron chi connectivity index (χ3n) is 7.32. The van der Waals surface area contributed by atoms with Crippen LogP contribution in [-0.2, 0) is 0 Å². The number of anilines is 3. The number of aromatic nitrogens is 2. The Kier molecular flexibility index (Phi) is 5.81. The van der Waals surface area contributed by atoms with Crippen molar-refractivity contribution >= 4 is 38.9 Å². The van der Waals surface area contributed by atoms with E-state index >= 15 is 0 Å². The minimum Gasteiger partial charge on any atom is -0.310 e. The van der Waals surface area contributed by atoms with Gasteiger partial charge < -0.3 is 9.47 Å². The van der Waals surface area contributed by atoms with Gasteiger partial charge >= 0.3 is 0 Å². The van der Waals surface area contributed by atoms with Gasteiger partial charge in [-0.05, 0) is 83.9 Å². The van der Waals surface area contributed by atoms with Crippen LogP contribution in [0.1, 0.15) is 5.56 Å². The van der Waals surface area contributed by atoms with E-state index in [1.165, 1.54) is 0 Å². The van der Waals surface area contributed by atoms with Crippen LogP contribution in [0.4, 0.5) is 17.1 Å². The fraction of sp³-hybridized carbons (Fsp3) is 0. The molecule has 0 aliphatic carbocycles. The van der Waals surface area contributed by atoms with Gasteiger partial charge in [0.15, 0.2) is 0 Å². The predicted octanol–water partition coefficient (Wildman–Crippen LogP) is 9.19. The summed E-state index contributed by atoms with van der Waals surface area (Å²) in [5.41, 5.74) is 8.93. The Morgan fingerprint density at radius 1 is 0.575 bits per heavy atom. The molecule has 0 spiro atoms. The lowest BCUT2D eigenvalue weighted by atomic mass is 10.0. The molecule has 7 rings (SSSR count). The minimum absolute atomic E-state index is 0.630. The quantitative estimate of drug-likeness (QED) is 0.231. The lowest BCUT2D eigenvalue weighted by molar-refractivity contribution is 1.17. The lowest BCUT2D eigenvalue weighted by Gasteiger charge is -2.25. The average Bonchev–Trinajstić information content (AvgIpc) is 3.36. The fourth-order valence-electron chi connectivity index (χ4n) is 5.53. The van der Waals surface area contributed by atoms with Crippen molar-refractivity contribution in [2.24, 2.45) is 0 Å². The molecular weight excluding hydrogens is 488 g/mol. The van der Waals surface area contributed by atoms with Crippen molar-refractivity contribution in [1.82, 2.24) is 9.55 Å². The molecule has 0 saturated carbocycles. The van der Waals surface area contributed by atoms with Crippen molar-refractivity contribution in [2.75, 3.05) is 4.90 Å². The van der Waals surface area contributed by atoms with E-state index in [0.717, 1.165) is 55.7 Å². The number of nitriles is 1. The van der Waals surface area contributed by atoms with E-state index in [0.29, 0.717) is 5.56 Å². The molecule has 0 N–H and O–H groups in total. The maximum absolute atomic E-state index is 10.1. The maximum atomic E-state index is 10.1. The fourth-order valence-corrected chi connectivity index (χ4v) is 5.53. The summed E-state index contributed by atoms with van der Waals surface area (Å²) in [5, 5.41) is 12.4. The second-order valence-corrected chi connectivity index (χ2v) is 9.64. The second kappa shape index (κ2) is 9.90. The van der Waals surface area contributed by atoms with Crippen molar-refractivity contribution < 1.29 is 0 Å². The van der Waals surface area contributed by atoms with Crippen LogP contribution in [0.15, 0.2) is 146 Å². The smallest absolute Gasteiger partial charge is 0.0998 e. The van der Waals surface area contributed by atoms with Gasteiger partial charge in [0, 0.05) is 45.9 Å². The first-order valence-corrected chi connectivity index (χ1v) is 13.2. The molecule has 0 fully saturated rings. The zero-order valence-corrected chi connectivity index (χ0v) is 21.6. The van der Waals surface area contributed by atoms with Crippen LogP contribution in [0.2, 0.25) is 0 Å². The number of fused-ring (bicyclic) bond motifs is 3. The van der Waals surface area contributed by atoms with E-state index in [-0.39, 0.29) is 0 Å². The van der Waals surface area contributed by atoms with E-state index in [9.17, 15) is 5.26 Å². The molecule has 2 heterocycles. The van der Waals surface area contributed by atoms with E-state index < -0.39 is 0 Å². The summed E-state index contributed by atoms with van der Waals surface area (Å²) < 4.78 is 2.25. The van der Waals surface area contributed by atoms with Gasteiger partial charge in [-0.15, -0.1) is 0 Å². The Hall–Kier alpha value is -5.66. The molecule has 0 aliphatic rings. The van der Waals surface area contributed by atoms with E-state index in [2.05, 4.69) is 118 Å². The standard InChI is InChI=1S/C36H24N4/c37-25-27-23-30(15-17-32(27)26-19-21-38-22-20-26)40-35-14-8-7-13-33(35)34-24-31(16-18-36(34)40)39(28-9-3-1-4-10-28)29-11-5-2-6-12-29/h1-24H. The minimum atomic E-state index is 0.630. The van der Waals surface area contributed by atoms with Crippen molar-refractivity contribution in [3.8, 4) is 22.9 Å². The van der Waals surface area contributed by atoms with E-state index in [1.54, 1.807) is 12.4 Å². The Morgan fingerprint density at radius 2 is 1.23 bits per heavy atom. The first-order chi connectivity index (χ1) is 19.8. The molecule has 7 aromatic rings. The van der Waals surface area contributed by atoms with Crippen molar-refractivity contribution in [2.45, 2.75) is 0 Å². The third kappa shape index (κ3) is 3.98. The van der Waals surface area contributed by atoms with Gasteiger partial charge in [-0.2, -0.15) is 5.26 Å². The van der Waals surface area contributed by atoms with Crippen LogP contribution < -0.4 is 4.90 Å². The first-order valence-electron chi connectivity index (χ1n) is 13.2. The summed E-state index contributed by atoms with van der Waals surface area (Å²) in [5.74, 6) is 0. The van der Waals surface area contributed by atoms with Gasteiger partial charge in [0.05, 0.1) is 22.7 Å². The topological polar surface area (TPSA) is 44.9 Å². The van der Waals surface area contributed by atoms with Crippen molar-refractivity contribution in [3.05, 3.63) is 151 Å². The summed E-state index contributed by atoms with van der Waals surface area (Å²) in [6.45, 7) is 0. The number of nitrogens with zero attached hydrogens (tertiary/aromatic N) is 4. The molecule has 0 saturated heterocycles. The highest BCUT2D eigenvalue weighted by Gasteiger charge is 2.17. The van der Waals surface area contributed by atoms with E-state index in [1.807, 2.05) is 36.4 Å². The number of hydrogen-bond donors (Lipinski definition) is 0. The molecular formula is C36H24N4. The molecule has 0 aliphatic heterocycles. The molecule has 5 aromatic carbocycles. The van der Waals surface area contributed by atoms with Gasteiger partial charge in [0.25, 0.3) is 0 Å². The van der Waals surface area contributed by atoms with Crippen LogP contribution in [0.25, 0.3) is 38.6 Å². The monoisotopic (exact) mass is 512 g/mol. The molecule has 0 amide bonds. The van der Waals surface area contributed by atoms with Gasteiger partial charge in [-0.3, -0.25) is 4.98 Å². The first kappa shape index (κ1) is 23.5. The number of benzene rings is 5. The van der Waals surface area contributed by atoms with Crippen LogP contribution >= 0.6 is 0 Å². The number of rotatable bonds is 5. The van der Waals surface area contributed by atoms with Gasteiger partial charge in [-0.1, -0.05) is 60.7 Å². The van der Waals surface area contributed by atoms with Gasteiger partial charge in [0.2, 0.25) is 0 Å². The molecule has 0 radical (unpaired) electrons. The van der Waals surface area contributed by atoms with Crippen LogP contribution in [0.3, 0.4) is 0 Å². The van der Waals surface area contributed by atoms with Gasteiger partial charge in [0.1, 0.15) is 0 Å². The Bertz CT molecular complexity index is 1960. The number of pyridine rings is 1. The second-order valence-electron chi connectivity index (χ2n) is 9.64. The Morgan fingerprint density at radius 3 is 1.93 bits per heavy atom. The van der Waals surface area contributed by atoms with Gasteiger partial charge in [-0.25, -0.2) is 0 Å². The van der Waals surface area contributed by atoms with E-state index in [4.69, 9.17) is 0 Å². The summed E-state index contributed by atoms with van der Waals surface area (Å²) in [7, 11) is 0. The lowest BCUT2D eigenvalue weighted by Crippen LogP contribution is -2.09. The number of para-hydroxylation sites is 3. The molecule has 188 valence electrons. The Labute approximate surface area is 232 Å². The van der Waals surface area contributed by atoms with Crippen LogP contribution in [0.5, 0.6) is 0 Å². The summed E-state index contributed by atoms with van der Waals surface area (Å²) in [6.07, 6.45) is 3.51. The largest absolute Gasteiger partial charge is 0.310 e. The molecule has 40 heavy (non-hydrogen) atoms. The van der Waals surface area contributed by atoms with Crippen molar-refractivity contribution in [1.29, 1.82) is 5.26 Å². The molecule has 4 heteroatoms. The molecule has 0 bridgehead atoms. The molecule has 4 nitrogen and oxygen atoms in total. The van der Waals surface area contributed by atoms with Crippen molar-refractivity contribution in [3.63, 3.8) is 0 Å². The zero-order chi connectivity index (χ0) is 26.9. The summed E-state index contributed by atoms with van der Waals surface area (Å²) in [6, 6.07) is 48.4. The average molecular weight is 513 g/mol. The molecule has 2 aromatic heterocycles. The highest BCUT2D eigenvalue weighted by Crippen LogP contribution is 2.39. The van der Waals surface area contributed by atoms with Crippen LogP contribution in [0, 0.1) is 11.3 Å². The normalized spacial score (nSPS) is 11.0. The molecule has 0 unspecified atom stereocenters. The maximum Gasteiger partial charge on any atom is 0.0998 e. The highest BCUT2D eigenvalue weighted by atomic mass is 15.1. The summed E-state index contributed by atoms with van der Waals surface area (Å²) in [4.78, 5) is 6.40. The molecule has 0 atom stereocenters. The summed E-state index contributed by atoms with van der Waals surface area (Å²) >= 11 is 0. The number of hydrogen-bond acceptors (Lipinski definition) is 3. The third-order valence-corrected chi connectivity index (χ3v) is 7.32. The predicted molar refractivity (Wildman–Crippen MR) is 163 cm³/mol. The zero-order valence-electron chi connectivity index (χ0n) is 21.6. The SMILES string of the molecule is N#Cc1cc(-n2c3ccccc3c3cc(N(c4ccccc4)c4ccccc4)ccc32)ccc1-c1ccncc1.